The van der Waals surface area contributed by atoms with Crippen molar-refractivity contribution in [3.8, 4) is 0 Å². The number of nitrogens with one attached hydrogen (secondary N) is 1. The van der Waals surface area contributed by atoms with E-state index in [-0.39, 0.29) is 11.4 Å². The van der Waals surface area contributed by atoms with Gasteiger partial charge in [0.1, 0.15) is 5.82 Å². The lowest BCUT2D eigenvalue weighted by Crippen LogP contribution is -2.46. The Labute approximate surface area is 97.5 Å². The number of nitrogens with zero attached hydrogens (tertiary/aromatic N) is 1. The van der Waals surface area contributed by atoms with Crippen molar-refractivity contribution in [2.24, 2.45) is 0 Å². The SMILES string of the molecule is CNC(C)(C)CN(C)Cc1ccc(F)cc1. The average Bonchev–Trinajstić information content (AvgIpc) is 2.21. The number of benzene rings is 1. The van der Waals surface area contributed by atoms with E-state index < -0.39 is 0 Å². The van der Waals surface area contributed by atoms with Gasteiger partial charge in [0, 0.05) is 18.6 Å². The molecule has 0 fully saturated rings. The van der Waals surface area contributed by atoms with Crippen molar-refractivity contribution >= 4 is 0 Å². The minimum absolute atomic E-state index is 0.0920. The van der Waals surface area contributed by atoms with Gasteiger partial charge >= 0.3 is 0 Å². The summed E-state index contributed by atoms with van der Waals surface area (Å²) in [6, 6.07) is 6.68. The molecule has 0 spiro atoms. The molecule has 0 aromatic heterocycles. The molecule has 0 unspecified atom stereocenters. The van der Waals surface area contributed by atoms with Gasteiger partial charge in [0.25, 0.3) is 0 Å². The molecule has 0 atom stereocenters. The summed E-state index contributed by atoms with van der Waals surface area (Å²) in [5, 5.41) is 3.27. The average molecular weight is 224 g/mol. The molecule has 1 rings (SSSR count). The number of rotatable bonds is 5. The van der Waals surface area contributed by atoms with Crippen LogP contribution in [0.2, 0.25) is 0 Å². The van der Waals surface area contributed by atoms with E-state index in [2.05, 4.69) is 31.1 Å². The third-order valence-corrected chi connectivity index (χ3v) is 2.71. The Kier molecular flexibility index (Phi) is 4.44. The van der Waals surface area contributed by atoms with E-state index in [1.807, 2.05) is 19.2 Å². The standard InChI is InChI=1S/C13H21FN2/c1-13(2,15-3)10-16(4)9-11-5-7-12(14)8-6-11/h5-8,15H,9-10H2,1-4H3. The van der Waals surface area contributed by atoms with Crippen LogP contribution in [0.4, 0.5) is 4.39 Å². The summed E-state index contributed by atoms with van der Waals surface area (Å²) in [5.41, 5.74) is 1.23. The van der Waals surface area contributed by atoms with Gasteiger partial charge in [-0.3, -0.25) is 0 Å². The molecule has 1 aromatic carbocycles. The third-order valence-electron chi connectivity index (χ3n) is 2.71. The Morgan fingerprint density at radius 3 is 2.31 bits per heavy atom. The highest BCUT2D eigenvalue weighted by Gasteiger charge is 2.17. The van der Waals surface area contributed by atoms with Crippen LogP contribution in [0.5, 0.6) is 0 Å². The topological polar surface area (TPSA) is 15.3 Å². The van der Waals surface area contributed by atoms with Crippen molar-refractivity contribution in [1.29, 1.82) is 0 Å². The predicted octanol–water partition coefficient (Wildman–Crippen LogP) is 2.26. The molecule has 16 heavy (non-hydrogen) atoms. The monoisotopic (exact) mass is 224 g/mol. The number of halogens is 1. The van der Waals surface area contributed by atoms with Crippen molar-refractivity contribution in [3.05, 3.63) is 35.6 Å². The highest BCUT2D eigenvalue weighted by molar-refractivity contribution is 5.15. The molecule has 90 valence electrons. The Hall–Kier alpha value is -0.930. The van der Waals surface area contributed by atoms with Crippen LogP contribution in [0.15, 0.2) is 24.3 Å². The van der Waals surface area contributed by atoms with Crippen LogP contribution in [-0.2, 0) is 6.54 Å². The molecule has 0 saturated heterocycles. The highest BCUT2D eigenvalue weighted by atomic mass is 19.1. The largest absolute Gasteiger partial charge is 0.314 e. The molecule has 3 heteroatoms. The third kappa shape index (κ3) is 4.29. The summed E-state index contributed by atoms with van der Waals surface area (Å²) in [4.78, 5) is 2.23. The Balaban J connectivity index is 2.51. The molecule has 0 radical (unpaired) electrons. The van der Waals surface area contributed by atoms with Gasteiger partial charge in [0.2, 0.25) is 0 Å². The summed E-state index contributed by atoms with van der Waals surface area (Å²) in [7, 11) is 4.04. The van der Waals surface area contributed by atoms with Crippen LogP contribution in [0.25, 0.3) is 0 Å². The molecule has 0 saturated carbocycles. The maximum atomic E-state index is 12.7. The normalized spacial score (nSPS) is 12.1. The maximum absolute atomic E-state index is 12.7. The molecule has 1 aromatic rings. The summed E-state index contributed by atoms with van der Waals surface area (Å²) >= 11 is 0. The lowest BCUT2D eigenvalue weighted by atomic mass is 10.1. The van der Waals surface area contributed by atoms with E-state index in [9.17, 15) is 4.39 Å². The highest BCUT2D eigenvalue weighted by Crippen LogP contribution is 2.09. The molecular weight excluding hydrogens is 203 g/mol. The van der Waals surface area contributed by atoms with Gasteiger partial charge in [-0.25, -0.2) is 4.39 Å². The zero-order valence-corrected chi connectivity index (χ0v) is 10.5. The summed E-state index contributed by atoms with van der Waals surface area (Å²) in [6.45, 7) is 6.11. The van der Waals surface area contributed by atoms with Gasteiger partial charge in [-0.2, -0.15) is 0 Å². The van der Waals surface area contributed by atoms with Crippen molar-refractivity contribution in [2.75, 3.05) is 20.6 Å². The molecule has 2 nitrogen and oxygen atoms in total. The van der Waals surface area contributed by atoms with Crippen molar-refractivity contribution < 1.29 is 4.39 Å². The fourth-order valence-corrected chi connectivity index (χ4v) is 1.71. The first-order valence-corrected chi connectivity index (χ1v) is 5.55. The Bertz CT molecular complexity index is 319. The number of likely N-dealkylation sites (N-methyl/N-ethyl adjacent to an activating group) is 2. The van der Waals surface area contributed by atoms with Gasteiger partial charge in [0.05, 0.1) is 0 Å². The van der Waals surface area contributed by atoms with Crippen LogP contribution < -0.4 is 5.32 Å². The van der Waals surface area contributed by atoms with Crippen LogP contribution in [0.1, 0.15) is 19.4 Å². The molecule has 0 aliphatic heterocycles. The molecule has 0 bridgehead atoms. The number of hydrogen-bond acceptors (Lipinski definition) is 2. The first kappa shape index (κ1) is 13.1. The van der Waals surface area contributed by atoms with Crippen LogP contribution in [0.3, 0.4) is 0 Å². The van der Waals surface area contributed by atoms with Gasteiger partial charge < -0.3 is 10.2 Å². The second kappa shape index (κ2) is 5.41. The zero-order chi connectivity index (χ0) is 12.2. The Morgan fingerprint density at radius 1 is 1.25 bits per heavy atom. The second-order valence-electron chi connectivity index (χ2n) is 4.93. The quantitative estimate of drug-likeness (QED) is 0.825. The molecule has 0 amide bonds. The molecular formula is C13H21FN2. The van der Waals surface area contributed by atoms with Crippen molar-refractivity contribution in [3.63, 3.8) is 0 Å². The minimum Gasteiger partial charge on any atom is -0.314 e. The summed E-state index contributed by atoms with van der Waals surface area (Å²) < 4.78 is 12.7. The van der Waals surface area contributed by atoms with Gasteiger partial charge in [-0.1, -0.05) is 12.1 Å². The lowest BCUT2D eigenvalue weighted by Gasteiger charge is -2.30. The smallest absolute Gasteiger partial charge is 0.123 e. The molecule has 0 aliphatic carbocycles. The predicted molar refractivity (Wildman–Crippen MR) is 65.9 cm³/mol. The fraction of sp³-hybridized carbons (Fsp3) is 0.538. The van der Waals surface area contributed by atoms with E-state index in [0.29, 0.717) is 0 Å². The molecule has 1 N–H and O–H groups in total. The summed E-state index contributed by atoms with van der Waals surface area (Å²) in [5.74, 6) is -0.179. The van der Waals surface area contributed by atoms with Crippen LogP contribution >= 0.6 is 0 Å². The Morgan fingerprint density at radius 2 is 1.81 bits per heavy atom. The van der Waals surface area contributed by atoms with Gasteiger partial charge in [0.15, 0.2) is 0 Å². The molecule has 0 aliphatic rings. The fourth-order valence-electron chi connectivity index (χ4n) is 1.71. The van der Waals surface area contributed by atoms with E-state index in [4.69, 9.17) is 0 Å². The van der Waals surface area contributed by atoms with E-state index in [1.165, 1.54) is 12.1 Å². The zero-order valence-electron chi connectivity index (χ0n) is 10.5. The van der Waals surface area contributed by atoms with Crippen LogP contribution in [-0.4, -0.2) is 31.1 Å². The minimum atomic E-state index is -0.179. The molecule has 0 heterocycles. The van der Waals surface area contributed by atoms with Gasteiger partial charge in [-0.05, 0) is 45.6 Å². The first-order valence-electron chi connectivity index (χ1n) is 5.55. The van der Waals surface area contributed by atoms with Gasteiger partial charge in [-0.15, -0.1) is 0 Å². The van der Waals surface area contributed by atoms with Crippen LogP contribution in [0, 0.1) is 5.82 Å². The lowest BCUT2D eigenvalue weighted by molar-refractivity contribution is 0.238. The first-order chi connectivity index (χ1) is 7.43. The van der Waals surface area contributed by atoms with Crippen molar-refractivity contribution in [1.82, 2.24) is 10.2 Å². The van der Waals surface area contributed by atoms with Crippen molar-refractivity contribution in [2.45, 2.75) is 25.9 Å². The van der Waals surface area contributed by atoms with E-state index in [0.717, 1.165) is 18.7 Å². The summed E-state index contributed by atoms with van der Waals surface area (Å²) in [6.07, 6.45) is 0. The maximum Gasteiger partial charge on any atom is 0.123 e. The number of hydrogen-bond donors (Lipinski definition) is 1. The second-order valence-corrected chi connectivity index (χ2v) is 4.93. The van der Waals surface area contributed by atoms with E-state index in [1.54, 1.807) is 0 Å². The van der Waals surface area contributed by atoms with E-state index >= 15 is 0 Å².